The molecule has 7 N–H and O–H groups in total. The number of pyridine rings is 3. The van der Waals surface area contributed by atoms with Gasteiger partial charge in [0.1, 0.15) is 0 Å². The molecule has 1 aromatic carbocycles. The third-order valence-electron chi connectivity index (χ3n) is 8.08. The van der Waals surface area contributed by atoms with Crippen molar-refractivity contribution in [3.8, 4) is 33.9 Å². The number of nitrogens with zero attached hydrogens (tertiary/aromatic N) is 6. The smallest absolute Gasteiger partial charge is 0.317 e. The van der Waals surface area contributed by atoms with Gasteiger partial charge in [0, 0.05) is 51.2 Å². The van der Waals surface area contributed by atoms with Gasteiger partial charge < -0.3 is 21.3 Å². The maximum atomic E-state index is 13.3. The molecule has 3 aromatic heterocycles. The maximum Gasteiger partial charge on any atom is 0.317 e. The molecular weight excluding hydrogens is 688 g/mol. The highest BCUT2D eigenvalue weighted by molar-refractivity contribution is 5.78. The molecule has 0 aliphatic carbocycles. The highest BCUT2D eigenvalue weighted by Crippen LogP contribution is 2.29. The van der Waals surface area contributed by atoms with E-state index in [1.165, 1.54) is 4.90 Å². The van der Waals surface area contributed by atoms with E-state index in [9.17, 15) is 24.6 Å². The summed E-state index contributed by atoms with van der Waals surface area (Å²) in [4.78, 5) is 63.3. The lowest BCUT2D eigenvalue weighted by atomic mass is 10.0. The fraction of sp³-hybridized carbons (Fsp3) is 0.333. The van der Waals surface area contributed by atoms with Crippen molar-refractivity contribution in [2.75, 3.05) is 77.9 Å². The number of carbonyl (C=O) groups excluding carboxylic acids is 1. The third-order valence-corrected chi connectivity index (χ3v) is 8.08. The quantitative estimate of drug-likeness (QED) is 0.0364. The molecule has 0 unspecified atom stereocenters. The fourth-order valence-corrected chi connectivity index (χ4v) is 5.43. The van der Waals surface area contributed by atoms with Crippen LogP contribution in [0.3, 0.4) is 0 Å². The Morgan fingerprint density at radius 2 is 1.25 bits per heavy atom. The monoisotopic (exact) mass is 732 g/mol. The predicted octanol–water partition coefficient (Wildman–Crippen LogP) is 2.13. The number of hydrogen-bond acceptors (Lipinski definition) is 14. The number of benzene rings is 1. The first-order chi connectivity index (χ1) is 25.6. The molecule has 0 radical (unpaired) electrons. The Balaban J connectivity index is 1.49. The molecule has 53 heavy (non-hydrogen) atoms. The van der Waals surface area contributed by atoms with Crippen molar-refractivity contribution in [1.82, 2.24) is 35.0 Å². The summed E-state index contributed by atoms with van der Waals surface area (Å²) in [6.07, 6.45) is 1.70. The van der Waals surface area contributed by atoms with Crippen molar-refractivity contribution in [1.29, 1.82) is 0 Å². The summed E-state index contributed by atoms with van der Waals surface area (Å²) in [6, 6.07) is 22.4. The van der Waals surface area contributed by atoms with Crippen molar-refractivity contribution in [3.63, 3.8) is 0 Å². The number of carbonyl (C=O) groups is 3. The van der Waals surface area contributed by atoms with Crippen LogP contribution in [0, 0.1) is 0 Å². The number of nitrogens with two attached hydrogens (primary N) is 1. The van der Waals surface area contributed by atoms with Crippen LogP contribution in [-0.2, 0) is 30.7 Å². The number of carboxylic acids is 2. The highest BCUT2D eigenvalue weighted by Gasteiger charge is 2.19. The topological polar surface area (TPSA) is 237 Å². The predicted molar refractivity (Wildman–Crippen MR) is 194 cm³/mol. The lowest BCUT2D eigenvalue weighted by Gasteiger charge is -2.28. The molecule has 0 saturated heterocycles. The van der Waals surface area contributed by atoms with E-state index in [4.69, 9.17) is 26.2 Å². The van der Waals surface area contributed by atoms with Gasteiger partial charge in [-0.25, -0.2) is 19.7 Å². The van der Waals surface area contributed by atoms with E-state index < -0.39 is 25.0 Å². The van der Waals surface area contributed by atoms with Gasteiger partial charge in [0.25, 0.3) is 0 Å². The second-order valence-electron chi connectivity index (χ2n) is 12.0. The third kappa shape index (κ3) is 13.9. The number of rotatable bonds is 23. The molecule has 0 atom stereocenters. The average Bonchev–Trinajstić information content (AvgIpc) is 3.15. The van der Waals surface area contributed by atoms with Gasteiger partial charge in [0.05, 0.1) is 67.9 Å². The summed E-state index contributed by atoms with van der Waals surface area (Å²) in [7, 11) is 0. The summed E-state index contributed by atoms with van der Waals surface area (Å²) in [5.74, 6) is -2.70. The van der Waals surface area contributed by atoms with Gasteiger partial charge in [-0.3, -0.25) is 44.6 Å². The lowest BCUT2D eigenvalue weighted by Crippen LogP contribution is -2.46. The average molecular weight is 733 g/mol. The molecule has 4 rings (SSSR count). The molecule has 0 aliphatic heterocycles. The number of aromatic nitrogens is 3. The summed E-state index contributed by atoms with van der Waals surface area (Å²) >= 11 is 0. The van der Waals surface area contributed by atoms with E-state index in [1.54, 1.807) is 17.2 Å². The molecular formula is C36H44N8O9. The van der Waals surface area contributed by atoms with Crippen LogP contribution in [0.4, 0.5) is 5.69 Å². The second kappa shape index (κ2) is 21.2. The molecule has 1 amide bonds. The minimum atomic E-state index is -1.18. The Labute approximate surface area is 306 Å². The molecule has 17 nitrogen and oxygen atoms in total. The van der Waals surface area contributed by atoms with Gasteiger partial charge in [-0.2, -0.15) is 0 Å². The number of carboxylic acid groups (broad SMARTS) is 2. The summed E-state index contributed by atoms with van der Waals surface area (Å²) in [6.45, 7) is 0.548. The lowest BCUT2D eigenvalue weighted by molar-refractivity contribution is -0.251. The summed E-state index contributed by atoms with van der Waals surface area (Å²) in [5, 5.41) is 39.0. The molecule has 0 saturated carbocycles. The first kappa shape index (κ1) is 40.4. The fourth-order valence-electron chi connectivity index (χ4n) is 5.43. The van der Waals surface area contributed by atoms with Gasteiger partial charge in [-0.1, -0.05) is 24.3 Å². The number of nitrogens with one attached hydrogen (secondary N) is 1. The molecule has 282 valence electrons. The highest BCUT2D eigenvalue weighted by atomic mass is 17.1. The standard InChI is InChI=1S/C36H44N8O9/c37-28-9-7-26(8-10-28)27-20-32(30-5-1-2-11-38-30)41-33(21-27)31-6-3-4-29(40-31)22-39-34(45)23-43(13-12-42(16-18-52-50)17-19-53-51)14-15-44(24-35(46)47)25-36(48)49/h1-11,20-21,50-51H,12-19,22-25,37H2,(H,39,45)(H,46,47)(H,48,49). The van der Waals surface area contributed by atoms with Crippen LogP contribution in [0.25, 0.3) is 33.9 Å². The zero-order valence-corrected chi connectivity index (χ0v) is 29.1. The van der Waals surface area contributed by atoms with Gasteiger partial charge in [-0.05, 0) is 59.7 Å². The van der Waals surface area contributed by atoms with Crippen molar-refractivity contribution < 1.29 is 44.9 Å². The zero-order chi connectivity index (χ0) is 38.0. The summed E-state index contributed by atoms with van der Waals surface area (Å²) < 4.78 is 0. The molecule has 17 heteroatoms. The zero-order valence-electron chi connectivity index (χ0n) is 29.1. The van der Waals surface area contributed by atoms with E-state index >= 15 is 0 Å². The van der Waals surface area contributed by atoms with Crippen molar-refractivity contribution in [2.24, 2.45) is 0 Å². The van der Waals surface area contributed by atoms with Gasteiger partial charge >= 0.3 is 11.9 Å². The number of hydrogen-bond donors (Lipinski definition) is 6. The van der Waals surface area contributed by atoms with Crippen LogP contribution in [0.5, 0.6) is 0 Å². The van der Waals surface area contributed by atoms with Crippen LogP contribution >= 0.6 is 0 Å². The second-order valence-corrected chi connectivity index (χ2v) is 12.0. The normalized spacial score (nSPS) is 11.3. The molecule has 0 spiro atoms. The first-order valence-electron chi connectivity index (χ1n) is 16.8. The minimum absolute atomic E-state index is 0.00533. The van der Waals surface area contributed by atoms with Crippen LogP contribution in [0.2, 0.25) is 0 Å². The molecule has 0 fully saturated rings. The summed E-state index contributed by atoms with van der Waals surface area (Å²) in [5.41, 5.74) is 11.5. The van der Waals surface area contributed by atoms with Gasteiger partial charge in [0.15, 0.2) is 0 Å². The van der Waals surface area contributed by atoms with Crippen LogP contribution in [0.15, 0.2) is 79.0 Å². The van der Waals surface area contributed by atoms with E-state index in [1.807, 2.05) is 71.6 Å². The Bertz CT molecular complexity index is 1740. The minimum Gasteiger partial charge on any atom is -0.480 e. The Morgan fingerprint density at radius 1 is 0.642 bits per heavy atom. The van der Waals surface area contributed by atoms with E-state index in [-0.39, 0.29) is 45.3 Å². The molecule has 0 bridgehead atoms. The number of amides is 1. The number of nitrogen functional groups attached to an aromatic ring is 1. The van der Waals surface area contributed by atoms with Crippen molar-refractivity contribution >= 4 is 23.5 Å². The molecule has 4 aromatic rings. The van der Waals surface area contributed by atoms with E-state index in [2.05, 4.69) is 20.1 Å². The maximum absolute atomic E-state index is 13.3. The van der Waals surface area contributed by atoms with E-state index in [0.29, 0.717) is 60.3 Å². The SMILES string of the molecule is Nc1ccc(-c2cc(-c3ccccn3)nc(-c3cccc(CNC(=O)CN(CCN(CCOO)CCOO)CCN(CC(=O)O)CC(=O)O)n3)c2)cc1. The molecule has 3 heterocycles. The van der Waals surface area contributed by atoms with Crippen molar-refractivity contribution in [2.45, 2.75) is 6.54 Å². The largest absolute Gasteiger partial charge is 0.480 e. The van der Waals surface area contributed by atoms with E-state index in [0.717, 1.165) is 11.1 Å². The van der Waals surface area contributed by atoms with Crippen LogP contribution in [0.1, 0.15) is 5.69 Å². The van der Waals surface area contributed by atoms with Gasteiger partial charge in [-0.15, -0.1) is 0 Å². The Morgan fingerprint density at radius 3 is 1.85 bits per heavy atom. The number of aliphatic carboxylic acids is 2. The number of anilines is 1. The Kier molecular flexibility index (Phi) is 16.2. The van der Waals surface area contributed by atoms with Crippen LogP contribution < -0.4 is 11.1 Å². The van der Waals surface area contributed by atoms with Gasteiger partial charge in [0.2, 0.25) is 5.91 Å². The first-order valence-corrected chi connectivity index (χ1v) is 16.8. The Hall–Kier alpha value is -5.40. The van der Waals surface area contributed by atoms with Crippen molar-refractivity contribution in [3.05, 3.63) is 84.7 Å². The van der Waals surface area contributed by atoms with Crippen LogP contribution in [-0.4, -0.2) is 140 Å². The molecule has 0 aliphatic rings.